The normalized spacial score (nSPS) is 19.7. The van der Waals surface area contributed by atoms with Gasteiger partial charge in [0.05, 0.1) is 10.9 Å². The average Bonchev–Trinajstić information content (AvgIpc) is 3.34. The lowest BCUT2D eigenvalue weighted by atomic mass is 10.2. The third-order valence-corrected chi connectivity index (χ3v) is 6.81. The molecule has 1 N–H and O–H groups in total. The standard InChI is InChI=1S/C21H21F3N4O4S/c1-13-3-9-17(10-4-13)33(29,30)27-15-11-18(28(2)12-15)20-25-19(26-32-20)14-5-7-16(8-6-14)31-21(22,23)24/h3-10,15,18,27H,11-12H2,1-2H3/t15-,18+/m1/s1. The predicted molar refractivity (Wildman–Crippen MR) is 112 cm³/mol. The summed E-state index contributed by atoms with van der Waals surface area (Å²) in [5.74, 6) is 0.148. The molecule has 2 heterocycles. The van der Waals surface area contributed by atoms with E-state index in [9.17, 15) is 21.6 Å². The van der Waals surface area contributed by atoms with Crippen LogP contribution >= 0.6 is 0 Å². The second-order valence-corrected chi connectivity index (χ2v) is 9.56. The average molecular weight is 482 g/mol. The first kappa shape index (κ1) is 23.2. The number of sulfonamides is 1. The number of benzene rings is 2. The Balaban J connectivity index is 1.44. The van der Waals surface area contributed by atoms with E-state index >= 15 is 0 Å². The van der Waals surface area contributed by atoms with Gasteiger partial charge in [-0.3, -0.25) is 4.90 Å². The summed E-state index contributed by atoms with van der Waals surface area (Å²) in [6.45, 7) is 2.32. The molecular weight excluding hydrogens is 461 g/mol. The predicted octanol–water partition coefficient (Wildman–Crippen LogP) is 3.67. The number of likely N-dealkylation sites (tertiary alicyclic amines) is 1. The number of aryl methyl sites for hydroxylation is 1. The van der Waals surface area contributed by atoms with Crippen LogP contribution in [0, 0.1) is 6.92 Å². The van der Waals surface area contributed by atoms with Crippen molar-refractivity contribution in [2.45, 2.75) is 36.7 Å². The van der Waals surface area contributed by atoms with Gasteiger partial charge in [-0.25, -0.2) is 13.1 Å². The number of hydrogen-bond donors (Lipinski definition) is 1. The number of aromatic nitrogens is 2. The zero-order chi connectivity index (χ0) is 23.8. The lowest BCUT2D eigenvalue weighted by molar-refractivity contribution is -0.274. The van der Waals surface area contributed by atoms with E-state index in [1.165, 1.54) is 12.1 Å². The number of rotatable bonds is 6. The molecule has 33 heavy (non-hydrogen) atoms. The van der Waals surface area contributed by atoms with Gasteiger partial charge in [-0.1, -0.05) is 22.9 Å². The molecule has 2 aromatic carbocycles. The van der Waals surface area contributed by atoms with E-state index in [0.29, 0.717) is 24.4 Å². The van der Waals surface area contributed by atoms with Crippen molar-refractivity contribution in [3.63, 3.8) is 0 Å². The maximum Gasteiger partial charge on any atom is 0.573 e. The van der Waals surface area contributed by atoms with Crippen LogP contribution in [-0.2, 0) is 10.0 Å². The molecule has 1 saturated heterocycles. The van der Waals surface area contributed by atoms with Gasteiger partial charge in [0.15, 0.2) is 0 Å². The highest BCUT2D eigenvalue weighted by Crippen LogP contribution is 2.32. The molecule has 1 aliphatic rings. The molecule has 0 radical (unpaired) electrons. The van der Waals surface area contributed by atoms with Crippen molar-refractivity contribution in [3.8, 4) is 17.1 Å². The van der Waals surface area contributed by atoms with E-state index < -0.39 is 16.4 Å². The van der Waals surface area contributed by atoms with Gasteiger partial charge in [-0.2, -0.15) is 4.98 Å². The Labute approximate surface area is 188 Å². The maximum atomic E-state index is 12.7. The molecule has 0 spiro atoms. The lowest BCUT2D eigenvalue weighted by Crippen LogP contribution is -2.36. The molecule has 0 aliphatic carbocycles. The largest absolute Gasteiger partial charge is 0.573 e. The first-order chi connectivity index (χ1) is 15.5. The minimum Gasteiger partial charge on any atom is -0.406 e. The van der Waals surface area contributed by atoms with Crippen molar-refractivity contribution >= 4 is 10.0 Å². The molecule has 0 unspecified atom stereocenters. The van der Waals surface area contributed by atoms with E-state index in [0.717, 1.165) is 17.7 Å². The van der Waals surface area contributed by atoms with E-state index in [1.54, 1.807) is 24.3 Å². The van der Waals surface area contributed by atoms with Crippen molar-refractivity contribution in [1.29, 1.82) is 0 Å². The molecule has 1 aromatic heterocycles. The SMILES string of the molecule is Cc1ccc(S(=O)(=O)N[C@@H]2C[C@@H](c3nc(-c4ccc(OC(F)(F)F)cc4)no3)N(C)C2)cc1. The summed E-state index contributed by atoms with van der Waals surface area (Å²) < 4.78 is 74.3. The smallest absolute Gasteiger partial charge is 0.406 e. The second kappa shape index (κ2) is 8.76. The van der Waals surface area contributed by atoms with Crippen molar-refractivity contribution < 1.29 is 30.8 Å². The lowest BCUT2D eigenvalue weighted by Gasteiger charge is -2.14. The molecule has 8 nitrogen and oxygen atoms in total. The molecular formula is C21H21F3N4O4S. The highest BCUT2D eigenvalue weighted by molar-refractivity contribution is 7.89. The van der Waals surface area contributed by atoms with Crippen LogP contribution in [0.15, 0.2) is 57.9 Å². The monoisotopic (exact) mass is 482 g/mol. The summed E-state index contributed by atoms with van der Waals surface area (Å²) in [7, 11) is -1.86. The van der Waals surface area contributed by atoms with Gasteiger partial charge in [0.25, 0.3) is 0 Å². The third kappa shape index (κ3) is 5.52. The first-order valence-corrected chi connectivity index (χ1v) is 11.5. The fourth-order valence-corrected chi connectivity index (χ4v) is 4.91. The topological polar surface area (TPSA) is 97.6 Å². The summed E-state index contributed by atoms with van der Waals surface area (Å²) >= 11 is 0. The maximum absolute atomic E-state index is 12.7. The molecule has 1 aliphatic heterocycles. The molecule has 0 amide bonds. The molecule has 176 valence electrons. The molecule has 12 heteroatoms. The summed E-state index contributed by atoms with van der Waals surface area (Å²) in [6.07, 6.45) is -4.35. The van der Waals surface area contributed by atoms with Crippen LogP contribution in [0.25, 0.3) is 11.4 Å². The highest BCUT2D eigenvalue weighted by atomic mass is 32.2. The fraction of sp³-hybridized carbons (Fsp3) is 0.333. The van der Waals surface area contributed by atoms with Gasteiger partial charge in [0.2, 0.25) is 21.7 Å². The summed E-state index contributed by atoms with van der Waals surface area (Å²) in [5.41, 5.74) is 1.42. The summed E-state index contributed by atoms with van der Waals surface area (Å²) in [4.78, 5) is 6.45. The number of nitrogens with zero attached hydrogens (tertiary/aromatic N) is 3. The van der Waals surface area contributed by atoms with E-state index in [2.05, 4.69) is 19.6 Å². The Morgan fingerprint density at radius 1 is 1.12 bits per heavy atom. The van der Waals surface area contributed by atoms with Gasteiger partial charge in [0.1, 0.15) is 5.75 Å². The van der Waals surface area contributed by atoms with Crippen LogP contribution in [-0.4, -0.2) is 49.5 Å². The van der Waals surface area contributed by atoms with Crippen molar-refractivity contribution in [2.24, 2.45) is 0 Å². The van der Waals surface area contributed by atoms with Gasteiger partial charge in [-0.15, -0.1) is 13.2 Å². The Hall–Kier alpha value is -2.96. The number of ether oxygens (including phenoxy) is 1. The molecule has 4 rings (SSSR count). The molecule has 0 saturated carbocycles. The van der Waals surface area contributed by atoms with Crippen molar-refractivity contribution in [2.75, 3.05) is 13.6 Å². The number of halogens is 3. The minimum absolute atomic E-state index is 0.192. The number of nitrogens with one attached hydrogen (secondary N) is 1. The van der Waals surface area contributed by atoms with E-state index in [4.69, 9.17) is 4.52 Å². The number of alkyl halides is 3. The van der Waals surface area contributed by atoms with Crippen LogP contribution in [0.4, 0.5) is 13.2 Å². The zero-order valence-corrected chi connectivity index (χ0v) is 18.5. The fourth-order valence-electron chi connectivity index (χ4n) is 3.67. The first-order valence-electron chi connectivity index (χ1n) is 9.99. The van der Waals surface area contributed by atoms with E-state index in [1.807, 2.05) is 18.9 Å². The van der Waals surface area contributed by atoms with Gasteiger partial charge < -0.3 is 9.26 Å². The molecule has 2 atom stereocenters. The Morgan fingerprint density at radius 2 is 1.79 bits per heavy atom. The minimum atomic E-state index is -4.77. The molecule has 3 aromatic rings. The van der Waals surface area contributed by atoms with Crippen LogP contribution < -0.4 is 9.46 Å². The summed E-state index contributed by atoms with van der Waals surface area (Å²) in [5, 5.41) is 3.91. The number of likely N-dealkylation sites (N-methyl/N-ethyl adjacent to an activating group) is 1. The van der Waals surface area contributed by atoms with Gasteiger partial charge in [-0.05, 0) is 56.8 Å². The zero-order valence-electron chi connectivity index (χ0n) is 17.7. The Bertz CT molecular complexity index is 1210. The Morgan fingerprint density at radius 3 is 2.42 bits per heavy atom. The number of hydrogen-bond acceptors (Lipinski definition) is 7. The van der Waals surface area contributed by atoms with Crippen molar-refractivity contribution in [1.82, 2.24) is 19.8 Å². The van der Waals surface area contributed by atoms with Crippen LogP contribution in [0.5, 0.6) is 5.75 Å². The van der Waals surface area contributed by atoms with E-state index in [-0.39, 0.29) is 28.6 Å². The second-order valence-electron chi connectivity index (χ2n) is 7.85. The van der Waals surface area contributed by atoms with Crippen molar-refractivity contribution in [3.05, 3.63) is 60.0 Å². The quantitative estimate of drug-likeness (QED) is 0.573. The Kier molecular flexibility index (Phi) is 6.16. The van der Waals surface area contributed by atoms with Gasteiger partial charge in [0, 0.05) is 18.2 Å². The van der Waals surface area contributed by atoms with Crippen LogP contribution in [0.1, 0.15) is 23.9 Å². The van der Waals surface area contributed by atoms with Crippen LogP contribution in [0.3, 0.4) is 0 Å². The third-order valence-electron chi connectivity index (χ3n) is 5.27. The van der Waals surface area contributed by atoms with Gasteiger partial charge >= 0.3 is 6.36 Å². The van der Waals surface area contributed by atoms with Crippen LogP contribution in [0.2, 0.25) is 0 Å². The highest BCUT2D eigenvalue weighted by Gasteiger charge is 2.36. The molecule has 0 bridgehead atoms. The molecule has 1 fully saturated rings. The summed E-state index contributed by atoms with van der Waals surface area (Å²) in [6, 6.07) is 11.0.